The highest BCUT2D eigenvalue weighted by Crippen LogP contribution is 2.29. The van der Waals surface area contributed by atoms with Crippen LogP contribution in [0.2, 0.25) is 0 Å². The molecule has 148 valence electrons. The predicted molar refractivity (Wildman–Crippen MR) is 93.9 cm³/mol. The van der Waals surface area contributed by atoms with E-state index in [2.05, 4.69) is 15.1 Å². The predicted octanol–water partition coefficient (Wildman–Crippen LogP) is 0.340. The molecule has 0 aliphatic carbocycles. The number of piperazine rings is 1. The van der Waals surface area contributed by atoms with Gasteiger partial charge >= 0.3 is 6.03 Å². The van der Waals surface area contributed by atoms with Crippen LogP contribution in [0.25, 0.3) is 0 Å². The highest BCUT2D eigenvalue weighted by Gasteiger charge is 2.49. The zero-order chi connectivity index (χ0) is 19.8. The van der Waals surface area contributed by atoms with Crippen molar-refractivity contribution >= 4 is 11.9 Å². The summed E-state index contributed by atoms with van der Waals surface area (Å²) in [5.41, 5.74) is -1.35. The Hall–Kier alpha value is -2.10. The Labute approximate surface area is 156 Å². The molecule has 2 aliphatic heterocycles. The third-order valence-corrected chi connectivity index (χ3v) is 5.23. The van der Waals surface area contributed by atoms with E-state index >= 15 is 0 Å². The normalized spacial score (nSPS) is 25.7. The van der Waals surface area contributed by atoms with Crippen LogP contribution in [0, 0.1) is 11.6 Å². The number of amides is 3. The lowest BCUT2D eigenvalue weighted by Gasteiger charge is -2.34. The number of aliphatic hydroxyl groups excluding tert-OH is 1. The van der Waals surface area contributed by atoms with Crippen molar-refractivity contribution in [2.24, 2.45) is 0 Å². The summed E-state index contributed by atoms with van der Waals surface area (Å²) in [5.74, 6) is -2.72. The van der Waals surface area contributed by atoms with E-state index in [4.69, 9.17) is 0 Å². The summed E-state index contributed by atoms with van der Waals surface area (Å²) in [6, 6.07) is 2.42. The van der Waals surface area contributed by atoms with Gasteiger partial charge < -0.3 is 15.3 Å². The largest absolute Gasteiger partial charge is 0.390 e. The first-order chi connectivity index (χ1) is 12.7. The van der Waals surface area contributed by atoms with Crippen LogP contribution >= 0.6 is 0 Å². The van der Waals surface area contributed by atoms with E-state index in [9.17, 15) is 23.5 Å². The van der Waals surface area contributed by atoms with Crippen LogP contribution in [-0.2, 0) is 10.3 Å². The highest BCUT2D eigenvalue weighted by atomic mass is 19.2. The molecule has 2 atom stereocenters. The quantitative estimate of drug-likeness (QED) is 0.719. The van der Waals surface area contributed by atoms with Crippen LogP contribution in [0.1, 0.15) is 12.5 Å². The van der Waals surface area contributed by atoms with Crippen LogP contribution in [0.15, 0.2) is 18.2 Å². The molecule has 2 aliphatic rings. The maximum Gasteiger partial charge on any atom is 0.325 e. The number of nitrogens with one attached hydrogen (secondary N) is 1. The lowest BCUT2D eigenvalue weighted by molar-refractivity contribution is -0.132. The smallest absolute Gasteiger partial charge is 0.325 e. The summed E-state index contributed by atoms with van der Waals surface area (Å²) >= 11 is 0. The first kappa shape index (κ1) is 19.7. The van der Waals surface area contributed by atoms with Crippen molar-refractivity contribution in [2.45, 2.75) is 18.6 Å². The molecular formula is C18H24F2N4O3. The number of carbonyl (C=O) groups excluding carboxylic acids is 2. The summed E-state index contributed by atoms with van der Waals surface area (Å²) in [6.45, 7) is 5.03. The van der Waals surface area contributed by atoms with Gasteiger partial charge in [0.05, 0.1) is 12.6 Å². The lowest BCUT2D eigenvalue weighted by atomic mass is 9.92. The van der Waals surface area contributed by atoms with Gasteiger partial charge in [-0.05, 0) is 31.7 Å². The average molecular weight is 382 g/mol. The van der Waals surface area contributed by atoms with Crippen molar-refractivity contribution in [3.05, 3.63) is 35.4 Å². The van der Waals surface area contributed by atoms with Crippen molar-refractivity contribution < 1.29 is 23.5 Å². The maximum atomic E-state index is 13.6. The van der Waals surface area contributed by atoms with Crippen LogP contribution in [0.4, 0.5) is 13.6 Å². The Morgan fingerprint density at radius 3 is 2.44 bits per heavy atom. The number of urea groups is 1. The van der Waals surface area contributed by atoms with E-state index in [-0.39, 0.29) is 12.1 Å². The molecule has 0 aromatic heterocycles. The van der Waals surface area contributed by atoms with Crippen molar-refractivity contribution in [3.63, 3.8) is 0 Å². The molecule has 7 nitrogen and oxygen atoms in total. The molecule has 27 heavy (non-hydrogen) atoms. The lowest BCUT2D eigenvalue weighted by Crippen LogP contribution is -2.49. The number of nitrogens with zero attached hydrogens (tertiary/aromatic N) is 3. The molecule has 3 rings (SSSR count). The van der Waals surface area contributed by atoms with Gasteiger partial charge in [0.25, 0.3) is 5.91 Å². The molecule has 2 fully saturated rings. The number of halogens is 2. The number of hydrogen-bond acceptors (Lipinski definition) is 5. The average Bonchev–Trinajstić information content (AvgIpc) is 2.83. The summed E-state index contributed by atoms with van der Waals surface area (Å²) < 4.78 is 26.7. The third kappa shape index (κ3) is 3.95. The second-order valence-corrected chi connectivity index (χ2v) is 7.36. The third-order valence-electron chi connectivity index (χ3n) is 5.23. The number of benzene rings is 1. The van der Waals surface area contributed by atoms with Crippen molar-refractivity contribution in [2.75, 3.05) is 46.3 Å². The number of imide groups is 1. The zero-order valence-corrected chi connectivity index (χ0v) is 15.4. The van der Waals surface area contributed by atoms with Gasteiger partial charge in [0.15, 0.2) is 11.6 Å². The SMILES string of the molecule is CN1CCN(C[C@H](O)CN2C(=O)N[C@@](C)(c3ccc(F)c(F)c3)C2=O)CC1. The minimum atomic E-state index is -1.50. The number of likely N-dealkylation sites (N-methyl/N-ethyl adjacent to an activating group) is 1. The molecular weight excluding hydrogens is 358 g/mol. The molecule has 2 heterocycles. The van der Waals surface area contributed by atoms with Gasteiger partial charge in [0.1, 0.15) is 5.54 Å². The Kier molecular flexibility index (Phi) is 5.45. The number of aliphatic hydroxyl groups is 1. The fourth-order valence-corrected chi connectivity index (χ4v) is 3.46. The zero-order valence-electron chi connectivity index (χ0n) is 15.4. The molecule has 1 aromatic carbocycles. The number of β-amino-alcohol motifs (C(OH)–C–C–N with tert-alkyl or cyclic N) is 1. The second-order valence-electron chi connectivity index (χ2n) is 7.36. The minimum absolute atomic E-state index is 0.149. The Morgan fingerprint density at radius 1 is 1.15 bits per heavy atom. The summed E-state index contributed by atoms with van der Waals surface area (Å²) in [6.07, 6.45) is -0.893. The summed E-state index contributed by atoms with van der Waals surface area (Å²) in [5, 5.41) is 12.9. The van der Waals surface area contributed by atoms with E-state index < -0.39 is 35.2 Å². The van der Waals surface area contributed by atoms with Gasteiger partial charge in [-0.25, -0.2) is 13.6 Å². The van der Waals surface area contributed by atoms with Crippen molar-refractivity contribution in [3.8, 4) is 0 Å². The first-order valence-corrected chi connectivity index (χ1v) is 8.89. The summed E-state index contributed by atoms with van der Waals surface area (Å²) in [7, 11) is 2.03. The van der Waals surface area contributed by atoms with E-state index in [0.29, 0.717) is 6.54 Å². The van der Waals surface area contributed by atoms with Gasteiger partial charge in [0, 0.05) is 32.7 Å². The number of hydrogen-bond donors (Lipinski definition) is 2. The maximum absolute atomic E-state index is 13.6. The van der Waals surface area contributed by atoms with Crippen LogP contribution in [0.5, 0.6) is 0 Å². The van der Waals surface area contributed by atoms with Gasteiger partial charge in [-0.15, -0.1) is 0 Å². The molecule has 0 spiro atoms. The molecule has 2 N–H and O–H groups in total. The topological polar surface area (TPSA) is 76.1 Å². The summed E-state index contributed by atoms with van der Waals surface area (Å²) in [4.78, 5) is 30.3. The fraction of sp³-hybridized carbons (Fsp3) is 0.556. The molecule has 0 bridgehead atoms. The van der Waals surface area contributed by atoms with E-state index in [0.717, 1.165) is 43.2 Å². The van der Waals surface area contributed by atoms with Gasteiger partial charge in [-0.1, -0.05) is 6.07 Å². The number of carbonyl (C=O) groups is 2. The van der Waals surface area contributed by atoms with Crippen LogP contribution in [-0.4, -0.2) is 84.2 Å². The molecule has 3 amide bonds. The van der Waals surface area contributed by atoms with Crippen molar-refractivity contribution in [1.29, 1.82) is 0 Å². The second kappa shape index (κ2) is 7.49. The molecule has 0 saturated carbocycles. The highest BCUT2D eigenvalue weighted by molar-refractivity contribution is 6.07. The monoisotopic (exact) mass is 382 g/mol. The molecule has 9 heteroatoms. The van der Waals surface area contributed by atoms with E-state index in [1.807, 2.05) is 7.05 Å². The van der Waals surface area contributed by atoms with E-state index in [1.165, 1.54) is 13.0 Å². The fourth-order valence-electron chi connectivity index (χ4n) is 3.46. The molecule has 0 unspecified atom stereocenters. The van der Waals surface area contributed by atoms with Crippen LogP contribution in [0.3, 0.4) is 0 Å². The first-order valence-electron chi connectivity index (χ1n) is 8.89. The molecule has 0 radical (unpaired) electrons. The standard InChI is InChI=1S/C18H24F2N4O3/c1-18(12-3-4-14(19)15(20)9-12)16(26)24(17(27)21-18)11-13(25)10-23-7-5-22(2)6-8-23/h3-4,9,13,25H,5-8,10-11H2,1-2H3,(H,21,27)/t13-,18-/m0/s1. The Morgan fingerprint density at radius 2 is 1.81 bits per heavy atom. The Balaban J connectivity index is 1.67. The number of rotatable bonds is 5. The molecule has 1 aromatic rings. The van der Waals surface area contributed by atoms with Gasteiger partial charge in [0.2, 0.25) is 0 Å². The van der Waals surface area contributed by atoms with Crippen LogP contribution < -0.4 is 5.32 Å². The van der Waals surface area contributed by atoms with E-state index in [1.54, 1.807) is 0 Å². The molecule has 2 saturated heterocycles. The minimum Gasteiger partial charge on any atom is -0.390 e. The Bertz CT molecular complexity index is 739. The van der Waals surface area contributed by atoms with Crippen molar-refractivity contribution in [1.82, 2.24) is 20.0 Å². The van der Waals surface area contributed by atoms with Gasteiger partial charge in [-0.2, -0.15) is 0 Å². The van der Waals surface area contributed by atoms with Gasteiger partial charge in [-0.3, -0.25) is 14.6 Å².